The summed E-state index contributed by atoms with van der Waals surface area (Å²) in [6.07, 6.45) is 5.73. The predicted molar refractivity (Wildman–Crippen MR) is 87.1 cm³/mol. The standard InChI is InChI=1S/C17H28N4O2/c1-12(2)17-18-15(23-19-17)8-9-16(22)21-11-5-7-14(21)13-6-4-10-20(13)3/h12-14H,4-11H2,1-3H3. The lowest BCUT2D eigenvalue weighted by atomic mass is 10.0. The van der Waals surface area contributed by atoms with Gasteiger partial charge in [-0.25, -0.2) is 0 Å². The highest BCUT2D eigenvalue weighted by atomic mass is 16.5. The molecule has 2 atom stereocenters. The number of carbonyl (C=O) groups is 1. The van der Waals surface area contributed by atoms with Gasteiger partial charge >= 0.3 is 0 Å². The van der Waals surface area contributed by atoms with Crippen molar-refractivity contribution in [3.05, 3.63) is 11.7 Å². The quantitative estimate of drug-likeness (QED) is 0.832. The van der Waals surface area contributed by atoms with E-state index in [1.54, 1.807) is 0 Å². The maximum atomic E-state index is 12.7. The zero-order valence-electron chi connectivity index (χ0n) is 14.5. The number of carbonyl (C=O) groups excluding carboxylic acids is 1. The molecule has 2 aliphatic rings. The van der Waals surface area contributed by atoms with Gasteiger partial charge in [0.15, 0.2) is 5.82 Å². The molecule has 1 amide bonds. The average molecular weight is 320 g/mol. The van der Waals surface area contributed by atoms with Crippen LogP contribution in [0.2, 0.25) is 0 Å². The van der Waals surface area contributed by atoms with Gasteiger partial charge in [-0.05, 0) is 39.3 Å². The molecule has 0 radical (unpaired) electrons. The van der Waals surface area contributed by atoms with Crippen molar-refractivity contribution in [3.8, 4) is 0 Å². The highest BCUT2D eigenvalue weighted by Gasteiger charge is 2.38. The third-order valence-electron chi connectivity index (χ3n) is 5.19. The van der Waals surface area contributed by atoms with E-state index in [0.29, 0.717) is 30.8 Å². The zero-order chi connectivity index (χ0) is 16.4. The summed E-state index contributed by atoms with van der Waals surface area (Å²) in [6.45, 7) is 6.12. The highest BCUT2D eigenvalue weighted by Crippen LogP contribution is 2.29. The molecule has 6 heteroatoms. The number of likely N-dealkylation sites (N-methyl/N-ethyl adjacent to an activating group) is 1. The second-order valence-electron chi connectivity index (χ2n) is 7.19. The average Bonchev–Trinajstić information content (AvgIpc) is 3.24. The van der Waals surface area contributed by atoms with E-state index < -0.39 is 0 Å². The minimum atomic E-state index is 0.233. The summed E-state index contributed by atoms with van der Waals surface area (Å²) in [4.78, 5) is 21.5. The van der Waals surface area contributed by atoms with E-state index in [0.717, 1.165) is 31.8 Å². The Balaban J connectivity index is 1.56. The van der Waals surface area contributed by atoms with Crippen molar-refractivity contribution >= 4 is 5.91 Å². The molecule has 23 heavy (non-hydrogen) atoms. The summed E-state index contributed by atoms with van der Waals surface area (Å²) in [6, 6.07) is 0.932. The first-order chi connectivity index (χ1) is 11.1. The van der Waals surface area contributed by atoms with Crippen LogP contribution in [0.5, 0.6) is 0 Å². The molecule has 2 saturated heterocycles. The minimum absolute atomic E-state index is 0.233. The van der Waals surface area contributed by atoms with Crippen LogP contribution in [-0.2, 0) is 11.2 Å². The Morgan fingerprint density at radius 3 is 2.65 bits per heavy atom. The van der Waals surface area contributed by atoms with Gasteiger partial charge < -0.3 is 14.3 Å². The first-order valence-corrected chi connectivity index (χ1v) is 8.88. The summed E-state index contributed by atoms with van der Waals surface area (Å²) in [5, 5.41) is 3.96. The van der Waals surface area contributed by atoms with Crippen LogP contribution in [0.3, 0.4) is 0 Å². The Morgan fingerprint density at radius 2 is 2.00 bits per heavy atom. The number of rotatable bonds is 5. The molecule has 0 N–H and O–H groups in total. The summed E-state index contributed by atoms with van der Waals surface area (Å²) < 4.78 is 5.24. The molecule has 1 aromatic heterocycles. The Morgan fingerprint density at radius 1 is 1.26 bits per heavy atom. The van der Waals surface area contributed by atoms with Gasteiger partial charge in [0, 0.05) is 37.4 Å². The number of likely N-dealkylation sites (tertiary alicyclic amines) is 2. The maximum absolute atomic E-state index is 12.7. The number of hydrogen-bond acceptors (Lipinski definition) is 5. The molecular formula is C17H28N4O2. The molecule has 6 nitrogen and oxygen atoms in total. The molecule has 1 aromatic rings. The van der Waals surface area contributed by atoms with Crippen LogP contribution >= 0.6 is 0 Å². The first kappa shape index (κ1) is 16.4. The van der Waals surface area contributed by atoms with E-state index in [-0.39, 0.29) is 11.8 Å². The minimum Gasteiger partial charge on any atom is -0.339 e. The number of hydrogen-bond donors (Lipinski definition) is 0. The monoisotopic (exact) mass is 320 g/mol. The van der Waals surface area contributed by atoms with Crippen LogP contribution in [0.4, 0.5) is 0 Å². The molecule has 2 aliphatic heterocycles. The third kappa shape index (κ3) is 3.57. The lowest BCUT2D eigenvalue weighted by molar-refractivity contribution is -0.133. The number of aromatic nitrogens is 2. The SMILES string of the molecule is CC(C)c1noc(CCC(=O)N2CCCC2C2CCCN2C)n1. The van der Waals surface area contributed by atoms with Crippen molar-refractivity contribution in [3.63, 3.8) is 0 Å². The van der Waals surface area contributed by atoms with Gasteiger partial charge in [0.2, 0.25) is 11.8 Å². The lowest BCUT2D eigenvalue weighted by Crippen LogP contribution is -2.47. The molecule has 0 aromatic carbocycles. The number of nitrogens with zero attached hydrogens (tertiary/aromatic N) is 4. The van der Waals surface area contributed by atoms with E-state index in [4.69, 9.17) is 4.52 Å². The van der Waals surface area contributed by atoms with Gasteiger partial charge in [0.25, 0.3) is 0 Å². The van der Waals surface area contributed by atoms with Crippen LogP contribution in [0.15, 0.2) is 4.52 Å². The second-order valence-corrected chi connectivity index (χ2v) is 7.19. The molecule has 0 bridgehead atoms. The van der Waals surface area contributed by atoms with Gasteiger partial charge in [-0.2, -0.15) is 4.98 Å². The highest BCUT2D eigenvalue weighted by molar-refractivity contribution is 5.77. The van der Waals surface area contributed by atoms with Crippen molar-refractivity contribution in [1.29, 1.82) is 0 Å². The van der Waals surface area contributed by atoms with E-state index in [1.165, 1.54) is 12.8 Å². The van der Waals surface area contributed by atoms with Crippen molar-refractivity contribution in [1.82, 2.24) is 19.9 Å². The van der Waals surface area contributed by atoms with Gasteiger partial charge in [-0.3, -0.25) is 4.79 Å². The van der Waals surface area contributed by atoms with Crippen molar-refractivity contribution in [2.45, 2.75) is 70.4 Å². The molecule has 3 heterocycles. The third-order valence-corrected chi connectivity index (χ3v) is 5.19. The van der Waals surface area contributed by atoms with Gasteiger partial charge in [-0.1, -0.05) is 19.0 Å². The summed E-state index contributed by atoms with van der Waals surface area (Å²) in [5.74, 6) is 1.79. The van der Waals surface area contributed by atoms with Crippen LogP contribution in [0, 0.1) is 0 Å². The molecule has 0 spiro atoms. The van der Waals surface area contributed by atoms with Crippen molar-refractivity contribution in [2.75, 3.05) is 20.1 Å². The van der Waals surface area contributed by atoms with Gasteiger partial charge in [-0.15, -0.1) is 0 Å². The number of amides is 1. The topological polar surface area (TPSA) is 62.5 Å². The van der Waals surface area contributed by atoms with Crippen LogP contribution in [0.1, 0.15) is 63.6 Å². The number of aryl methyl sites for hydroxylation is 1. The summed E-state index contributed by atoms with van der Waals surface area (Å²) >= 11 is 0. The fraction of sp³-hybridized carbons (Fsp3) is 0.824. The molecule has 3 rings (SSSR count). The maximum Gasteiger partial charge on any atom is 0.227 e. The molecule has 0 aliphatic carbocycles. The summed E-state index contributed by atoms with van der Waals surface area (Å²) in [7, 11) is 2.19. The molecule has 2 unspecified atom stereocenters. The Bertz CT molecular complexity index is 542. The predicted octanol–water partition coefficient (Wildman–Crippen LogP) is 2.21. The molecule has 128 valence electrons. The van der Waals surface area contributed by atoms with E-state index >= 15 is 0 Å². The van der Waals surface area contributed by atoms with Crippen molar-refractivity contribution < 1.29 is 9.32 Å². The fourth-order valence-corrected chi connectivity index (χ4v) is 3.89. The second kappa shape index (κ2) is 6.99. The Kier molecular flexibility index (Phi) is 4.99. The van der Waals surface area contributed by atoms with Crippen LogP contribution in [-0.4, -0.2) is 58.1 Å². The summed E-state index contributed by atoms with van der Waals surface area (Å²) in [5.41, 5.74) is 0. The van der Waals surface area contributed by atoms with Crippen molar-refractivity contribution in [2.24, 2.45) is 0 Å². The normalized spacial score (nSPS) is 25.7. The van der Waals surface area contributed by atoms with E-state index in [1.807, 2.05) is 13.8 Å². The zero-order valence-corrected chi connectivity index (χ0v) is 14.5. The fourth-order valence-electron chi connectivity index (χ4n) is 3.89. The van der Waals surface area contributed by atoms with E-state index in [2.05, 4.69) is 27.0 Å². The Labute approximate surface area is 138 Å². The smallest absolute Gasteiger partial charge is 0.227 e. The van der Waals surface area contributed by atoms with Crippen LogP contribution < -0.4 is 0 Å². The van der Waals surface area contributed by atoms with Gasteiger partial charge in [0.05, 0.1) is 0 Å². The molecular weight excluding hydrogens is 292 g/mol. The molecule has 2 fully saturated rings. The molecule has 0 saturated carbocycles. The first-order valence-electron chi connectivity index (χ1n) is 8.88. The van der Waals surface area contributed by atoms with Gasteiger partial charge in [0.1, 0.15) is 0 Å². The lowest BCUT2D eigenvalue weighted by Gasteiger charge is -2.33. The Hall–Kier alpha value is -1.43. The largest absolute Gasteiger partial charge is 0.339 e. The van der Waals surface area contributed by atoms with E-state index in [9.17, 15) is 4.79 Å². The van der Waals surface area contributed by atoms with Crippen LogP contribution in [0.25, 0.3) is 0 Å².